The van der Waals surface area contributed by atoms with Gasteiger partial charge in [-0.1, -0.05) is 19.9 Å². The summed E-state index contributed by atoms with van der Waals surface area (Å²) in [6.07, 6.45) is 0. The molecule has 1 N–H and O–H groups in total. The molecule has 0 saturated heterocycles. The molecule has 2 atom stereocenters. The monoisotopic (exact) mass is 205 g/mol. The number of methoxy groups -OCH3 is 1. The lowest BCUT2D eigenvalue weighted by atomic mass is 9.85. The van der Waals surface area contributed by atoms with Crippen molar-refractivity contribution in [2.45, 2.75) is 32.7 Å². The highest BCUT2D eigenvalue weighted by molar-refractivity contribution is 5.64. The topological polar surface area (TPSA) is 21.3 Å². The third-order valence-electron chi connectivity index (χ3n) is 3.26. The zero-order chi connectivity index (χ0) is 11.0. The molecule has 15 heavy (non-hydrogen) atoms. The largest absolute Gasteiger partial charge is 0.496 e. The summed E-state index contributed by atoms with van der Waals surface area (Å²) in [6, 6.07) is 6.72. The molecule has 0 radical (unpaired) electrons. The maximum absolute atomic E-state index is 5.45. The summed E-state index contributed by atoms with van der Waals surface area (Å²) in [5.41, 5.74) is 2.59. The molecule has 0 aliphatic carbocycles. The van der Waals surface area contributed by atoms with E-state index in [2.05, 4.69) is 32.2 Å². The molecule has 0 aromatic heterocycles. The fraction of sp³-hybridized carbons (Fsp3) is 0.538. The SMILES string of the molecule is COc1cccc2c1C(C(C)C)C(C)N2. The predicted molar refractivity (Wildman–Crippen MR) is 63.7 cm³/mol. The van der Waals surface area contributed by atoms with Crippen LogP contribution in [-0.4, -0.2) is 13.2 Å². The standard InChI is InChI=1S/C13H19NO/c1-8(2)12-9(3)14-10-6-5-7-11(15-4)13(10)12/h5-9,12,14H,1-4H3. The van der Waals surface area contributed by atoms with Crippen molar-refractivity contribution in [2.75, 3.05) is 12.4 Å². The van der Waals surface area contributed by atoms with Gasteiger partial charge in [-0.05, 0) is 25.0 Å². The quantitative estimate of drug-likeness (QED) is 0.800. The number of rotatable bonds is 2. The minimum atomic E-state index is 0.497. The van der Waals surface area contributed by atoms with Crippen LogP contribution in [0.3, 0.4) is 0 Å². The minimum Gasteiger partial charge on any atom is -0.496 e. The van der Waals surface area contributed by atoms with Gasteiger partial charge in [0.2, 0.25) is 0 Å². The fourth-order valence-corrected chi connectivity index (χ4v) is 2.69. The maximum atomic E-state index is 5.45. The molecule has 2 unspecified atom stereocenters. The molecule has 1 aromatic rings. The van der Waals surface area contributed by atoms with Crippen LogP contribution in [0.5, 0.6) is 5.75 Å². The molecule has 0 saturated carbocycles. The zero-order valence-corrected chi connectivity index (χ0v) is 9.87. The maximum Gasteiger partial charge on any atom is 0.124 e. The van der Waals surface area contributed by atoms with Crippen molar-refractivity contribution in [1.29, 1.82) is 0 Å². The first kappa shape index (κ1) is 10.3. The van der Waals surface area contributed by atoms with E-state index in [9.17, 15) is 0 Å². The first-order chi connectivity index (χ1) is 7.15. The first-order valence-corrected chi connectivity index (χ1v) is 5.58. The smallest absolute Gasteiger partial charge is 0.124 e. The number of nitrogens with one attached hydrogen (secondary N) is 1. The molecule has 2 heteroatoms. The molecule has 2 rings (SSSR count). The van der Waals surface area contributed by atoms with E-state index in [1.54, 1.807) is 7.11 Å². The van der Waals surface area contributed by atoms with E-state index in [4.69, 9.17) is 4.74 Å². The van der Waals surface area contributed by atoms with Gasteiger partial charge in [0.25, 0.3) is 0 Å². The fourth-order valence-electron chi connectivity index (χ4n) is 2.69. The summed E-state index contributed by atoms with van der Waals surface area (Å²) in [5.74, 6) is 2.20. The molecule has 0 fully saturated rings. The van der Waals surface area contributed by atoms with Crippen LogP contribution >= 0.6 is 0 Å². The summed E-state index contributed by atoms with van der Waals surface area (Å²) in [7, 11) is 1.75. The number of benzene rings is 1. The predicted octanol–water partition coefficient (Wildman–Crippen LogP) is 3.25. The highest BCUT2D eigenvalue weighted by atomic mass is 16.5. The van der Waals surface area contributed by atoms with Crippen LogP contribution in [0.15, 0.2) is 18.2 Å². The molecule has 1 aromatic carbocycles. The number of fused-ring (bicyclic) bond motifs is 1. The van der Waals surface area contributed by atoms with E-state index in [0.29, 0.717) is 17.9 Å². The van der Waals surface area contributed by atoms with E-state index in [1.165, 1.54) is 11.3 Å². The van der Waals surface area contributed by atoms with Gasteiger partial charge in [0.15, 0.2) is 0 Å². The molecule has 1 aliphatic heterocycles. The molecule has 0 amide bonds. The van der Waals surface area contributed by atoms with E-state index in [-0.39, 0.29) is 0 Å². The molecule has 1 aliphatic rings. The lowest BCUT2D eigenvalue weighted by molar-refractivity contribution is 0.393. The molecule has 0 spiro atoms. The lowest BCUT2D eigenvalue weighted by Crippen LogP contribution is -2.20. The van der Waals surface area contributed by atoms with Gasteiger partial charge in [0.1, 0.15) is 5.75 Å². The van der Waals surface area contributed by atoms with E-state index in [1.807, 2.05) is 12.1 Å². The van der Waals surface area contributed by atoms with Crippen molar-refractivity contribution in [3.63, 3.8) is 0 Å². The van der Waals surface area contributed by atoms with Crippen molar-refractivity contribution in [1.82, 2.24) is 0 Å². The van der Waals surface area contributed by atoms with Crippen LogP contribution < -0.4 is 10.1 Å². The Labute approximate surface area is 91.6 Å². The normalized spacial score (nSPS) is 23.8. The molecule has 82 valence electrons. The second kappa shape index (κ2) is 3.76. The number of hydrogen-bond acceptors (Lipinski definition) is 2. The van der Waals surface area contributed by atoms with Crippen LogP contribution in [0.4, 0.5) is 5.69 Å². The van der Waals surface area contributed by atoms with Gasteiger partial charge in [-0.15, -0.1) is 0 Å². The van der Waals surface area contributed by atoms with Crippen LogP contribution in [0.1, 0.15) is 32.3 Å². The number of ether oxygens (including phenoxy) is 1. The van der Waals surface area contributed by atoms with Crippen LogP contribution in [0, 0.1) is 5.92 Å². The third kappa shape index (κ3) is 1.58. The summed E-state index contributed by atoms with van der Waals surface area (Å²) in [4.78, 5) is 0. The lowest BCUT2D eigenvalue weighted by Gasteiger charge is -2.21. The molecular formula is C13H19NO. The van der Waals surface area contributed by atoms with Crippen molar-refractivity contribution >= 4 is 5.69 Å². The van der Waals surface area contributed by atoms with Crippen molar-refractivity contribution in [3.05, 3.63) is 23.8 Å². The Balaban J connectivity index is 2.50. The van der Waals surface area contributed by atoms with Gasteiger partial charge in [-0.2, -0.15) is 0 Å². The van der Waals surface area contributed by atoms with E-state index >= 15 is 0 Å². The average molecular weight is 205 g/mol. The van der Waals surface area contributed by atoms with Crippen LogP contribution in [0.2, 0.25) is 0 Å². The Morgan fingerprint density at radius 2 is 2.07 bits per heavy atom. The Morgan fingerprint density at radius 3 is 2.67 bits per heavy atom. The van der Waals surface area contributed by atoms with Crippen molar-refractivity contribution in [2.24, 2.45) is 5.92 Å². The zero-order valence-electron chi connectivity index (χ0n) is 9.87. The number of anilines is 1. The van der Waals surface area contributed by atoms with Crippen molar-refractivity contribution < 1.29 is 4.74 Å². The van der Waals surface area contributed by atoms with E-state index < -0.39 is 0 Å². The summed E-state index contributed by atoms with van der Waals surface area (Å²) in [6.45, 7) is 6.78. The second-order valence-corrected chi connectivity index (χ2v) is 4.62. The first-order valence-electron chi connectivity index (χ1n) is 5.58. The molecule has 0 bridgehead atoms. The molecule has 2 nitrogen and oxygen atoms in total. The Kier molecular flexibility index (Phi) is 2.59. The average Bonchev–Trinajstić information content (AvgIpc) is 2.53. The van der Waals surface area contributed by atoms with Crippen LogP contribution in [-0.2, 0) is 0 Å². The van der Waals surface area contributed by atoms with E-state index in [0.717, 1.165) is 5.75 Å². The van der Waals surface area contributed by atoms with Crippen LogP contribution in [0.25, 0.3) is 0 Å². The minimum absolute atomic E-state index is 0.497. The van der Waals surface area contributed by atoms with Gasteiger partial charge < -0.3 is 10.1 Å². The number of hydrogen-bond donors (Lipinski definition) is 1. The Bertz CT molecular complexity index is 360. The van der Waals surface area contributed by atoms with Gasteiger partial charge in [0, 0.05) is 23.2 Å². The van der Waals surface area contributed by atoms with Crippen molar-refractivity contribution in [3.8, 4) is 5.75 Å². The summed E-state index contributed by atoms with van der Waals surface area (Å²) in [5, 5.41) is 3.52. The Hall–Kier alpha value is -1.18. The summed E-state index contributed by atoms with van der Waals surface area (Å²) >= 11 is 0. The Morgan fingerprint density at radius 1 is 1.33 bits per heavy atom. The van der Waals surface area contributed by atoms with Gasteiger partial charge in [-0.25, -0.2) is 0 Å². The van der Waals surface area contributed by atoms with Gasteiger partial charge in [-0.3, -0.25) is 0 Å². The highest BCUT2D eigenvalue weighted by Crippen LogP contribution is 2.45. The third-order valence-corrected chi connectivity index (χ3v) is 3.26. The highest BCUT2D eigenvalue weighted by Gasteiger charge is 2.33. The molecule has 1 heterocycles. The van der Waals surface area contributed by atoms with Gasteiger partial charge in [0.05, 0.1) is 7.11 Å². The molecular weight excluding hydrogens is 186 g/mol. The summed E-state index contributed by atoms with van der Waals surface area (Å²) < 4.78 is 5.45. The second-order valence-electron chi connectivity index (χ2n) is 4.62. The van der Waals surface area contributed by atoms with Gasteiger partial charge >= 0.3 is 0 Å².